The van der Waals surface area contributed by atoms with Crippen LogP contribution in [0.15, 0.2) is 36.4 Å². The number of esters is 1. The van der Waals surface area contributed by atoms with E-state index in [2.05, 4.69) is 35.9 Å². The van der Waals surface area contributed by atoms with E-state index in [1.165, 1.54) is 76.5 Å². The van der Waals surface area contributed by atoms with Gasteiger partial charge >= 0.3 is 5.97 Å². The van der Waals surface area contributed by atoms with Crippen molar-refractivity contribution in [2.75, 3.05) is 7.11 Å². The maximum absolute atomic E-state index is 11.1. The van der Waals surface area contributed by atoms with E-state index in [-0.39, 0.29) is 5.97 Å². The highest BCUT2D eigenvalue weighted by atomic mass is 16.5. The number of methoxy groups -OCH3 is 1. The van der Waals surface area contributed by atoms with Crippen LogP contribution < -0.4 is 0 Å². The number of unbranched alkanes of at least 4 members (excludes halogenated alkanes) is 9. The molecular formula is C23H34O2. The normalized spacial score (nSPS) is 11.4. The van der Waals surface area contributed by atoms with Crippen molar-refractivity contribution in [3.05, 3.63) is 47.5 Å². The quantitative estimate of drug-likeness (QED) is 0.224. The van der Waals surface area contributed by atoms with Crippen molar-refractivity contribution in [1.29, 1.82) is 0 Å². The average Bonchev–Trinajstić information content (AvgIpc) is 2.65. The second-order valence-electron chi connectivity index (χ2n) is 6.54. The van der Waals surface area contributed by atoms with Crippen molar-refractivity contribution in [3.63, 3.8) is 0 Å². The minimum absolute atomic E-state index is 0.329. The summed E-state index contributed by atoms with van der Waals surface area (Å²) >= 11 is 0. The maximum Gasteiger partial charge on any atom is 0.330 e. The smallest absolute Gasteiger partial charge is 0.330 e. The topological polar surface area (TPSA) is 26.3 Å². The van der Waals surface area contributed by atoms with Crippen LogP contribution in [0.3, 0.4) is 0 Å². The fraction of sp³-hybridized carbons (Fsp3) is 0.522. The van der Waals surface area contributed by atoms with Gasteiger partial charge in [0.2, 0.25) is 0 Å². The van der Waals surface area contributed by atoms with Crippen LogP contribution in [0.1, 0.15) is 82.3 Å². The first-order valence-corrected chi connectivity index (χ1v) is 9.79. The minimum atomic E-state index is -0.329. The van der Waals surface area contributed by atoms with Gasteiger partial charge < -0.3 is 4.74 Å². The molecule has 0 spiro atoms. The zero-order valence-electron chi connectivity index (χ0n) is 16.0. The molecule has 138 valence electrons. The number of ether oxygens (including phenoxy) is 1. The van der Waals surface area contributed by atoms with Gasteiger partial charge in [-0.2, -0.15) is 0 Å². The summed E-state index contributed by atoms with van der Waals surface area (Å²) in [4.78, 5) is 11.1. The van der Waals surface area contributed by atoms with E-state index < -0.39 is 0 Å². The van der Waals surface area contributed by atoms with Crippen LogP contribution in [0, 0.1) is 0 Å². The molecule has 0 heterocycles. The van der Waals surface area contributed by atoms with Crippen molar-refractivity contribution < 1.29 is 9.53 Å². The highest BCUT2D eigenvalue weighted by Crippen LogP contribution is 2.12. The first-order chi connectivity index (χ1) is 12.3. The second-order valence-corrected chi connectivity index (χ2v) is 6.54. The molecule has 0 unspecified atom stereocenters. The molecule has 0 bridgehead atoms. The van der Waals surface area contributed by atoms with Crippen molar-refractivity contribution in [1.82, 2.24) is 0 Å². The third kappa shape index (κ3) is 11.4. The van der Waals surface area contributed by atoms with Crippen molar-refractivity contribution in [2.24, 2.45) is 0 Å². The molecule has 0 fully saturated rings. The second kappa shape index (κ2) is 14.5. The SMILES string of the molecule is CCCCCCCCCCCC=Cc1ccc(C=CC(=O)OC)cc1. The monoisotopic (exact) mass is 342 g/mol. The van der Waals surface area contributed by atoms with E-state index in [9.17, 15) is 4.79 Å². The fourth-order valence-corrected chi connectivity index (χ4v) is 2.74. The van der Waals surface area contributed by atoms with Gasteiger partial charge in [0, 0.05) is 6.08 Å². The lowest BCUT2D eigenvalue weighted by atomic mass is 10.1. The third-order valence-corrected chi connectivity index (χ3v) is 4.33. The van der Waals surface area contributed by atoms with Crippen LogP contribution in [-0.2, 0) is 9.53 Å². The molecule has 2 nitrogen and oxygen atoms in total. The molecule has 0 aromatic heterocycles. The summed E-state index contributed by atoms with van der Waals surface area (Å²) in [6.45, 7) is 2.27. The summed E-state index contributed by atoms with van der Waals surface area (Å²) in [5.74, 6) is -0.329. The van der Waals surface area contributed by atoms with Gasteiger partial charge in [-0.3, -0.25) is 0 Å². The Kier molecular flexibility index (Phi) is 12.3. The van der Waals surface area contributed by atoms with Gasteiger partial charge in [0.05, 0.1) is 7.11 Å². The summed E-state index contributed by atoms with van der Waals surface area (Å²) < 4.78 is 4.58. The van der Waals surface area contributed by atoms with Crippen LogP contribution in [0.25, 0.3) is 12.2 Å². The maximum atomic E-state index is 11.1. The van der Waals surface area contributed by atoms with Crippen molar-refractivity contribution in [3.8, 4) is 0 Å². The Hall–Kier alpha value is -1.83. The predicted octanol–water partition coefficient (Wildman–Crippen LogP) is 6.81. The highest BCUT2D eigenvalue weighted by Gasteiger charge is 1.93. The van der Waals surface area contributed by atoms with Crippen molar-refractivity contribution >= 4 is 18.1 Å². The van der Waals surface area contributed by atoms with E-state index in [0.29, 0.717) is 0 Å². The number of hydrogen-bond acceptors (Lipinski definition) is 2. The Labute approximate surface area is 154 Å². The lowest BCUT2D eigenvalue weighted by Gasteiger charge is -2.00. The molecule has 0 N–H and O–H groups in total. The van der Waals surface area contributed by atoms with Crippen LogP contribution in [0.5, 0.6) is 0 Å². The number of allylic oxidation sites excluding steroid dienone is 1. The van der Waals surface area contributed by atoms with Gasteiger partial charge in [0.15, 0.2) is 0 Å². The zero-order chi connectivity index (χ0) is 18.2. The lowest BCUT2D eigenvalue weighted by Crippen LogP contribution is -1.93. The van der Waals surface area contributed by atoms with Gasteiger partial charge in [-0.15, -0.1) is 0 Å². The van der Waals surface area contributed by atoms with Crippen LogP contribution in [0.4, 0.5) is 0 Å². The largest absolute Gasteiger partial charge is 0.466 e. The molecule has 1 rings (SSSR count). The van der Waals surface area contributed by atoms with Crippen LogP contribution >= 0.6 is 0 Å². The summed E-state index contributed by atoms with van der Waals surface area (Å²) in [5, 5.41) is 0. The third-order valence-electron chi connectivity index (χ3n) is 4.33. The summed E-state index contributed by atoms with van der Waals surface area (Å²) in [7, 11) is 1.38. The Morgan fingerprint density at radius 1 is 0.840 bits per heavy atom. The zero-order valence-corrected chi connectivity index (χ0v) is 16.0. The summed E-state index contributed by atoms with van der Waals surface area (Å²) in [6, 6.07) is 8.17. The van der Waals surface area contributed by atoms with E-state index in [4.69, 9.17) is 0 Å². The molecule has 0 aliphatic rings. The van der Waals surface area contributed by atoms with Gasteiger partial charge in [-0.25, -0.2) is 4.79 Å². The molecule has 0 atom stereocenters. The Balaban J connectivity index is 2.12. The number of carbonyl (C=O) groups excluding carboxylic acids is 1. The average molecular weight is 343 g/mol. The van der Waals surface area contributed by atoms with E-state index in [1.54, 1.807) is 6.08 Å². The molecule has 0 amide bonds. The lowest BCUT2D eigenvalue weighted by molar-refractivity contribution is -0.134. The molecule has 0 saturated heterocycles. The molecule has 25 heavy (non-hydrogen) atoms. The molecule has 1 aromatic carbocycles. The number of rotatable bonds is 13. The minimum Gasteiger partial charge on any atom is -0.466 e. The van der Waals surface area contributed by atoms with Crippen LogP contribution in [0.2, 0.25) is 0 Å². The Bertz CT molecular complexity index is 511. The predicted molar refractivity (Wildman–Crippen MR) is 108 cm³/mol. The molecule has 1 aromatic rings. The van der Waals surface area contributed by atoms with Gasteiger partial charge in [-0.05, 0) is 30.0 Å². The number of hydrogen-bond donors (Lipinski definition) is 0. The number of benzene rings is 1. The van der Waals surface area contributed by atoms with E-state index >= 15 is 0 Å². The summed E-state index contributed by atoms with van der Waals surface area (Å²) in [6.07, 6.45) is 21.2. The van der Waals surface area contributed by atoms with Gasteiger partial charge in [0.1, 0.15) is 0 Å². The van der Waals surface area contributed by atoms with Gasteiger partial charge in [-0.1, -0.05) is 94.7 Å². The van der Waals surface area contributed by atoms with E-state index in [0.717, 1.165) is 12.0 Å². The van der Waals surface area contributed by atoms with Gasteiger partial charge in [0.25, 0.3) is 0 Å². The molecule has 2 heteroatoms. The molecule has 0 aliphatic heterocycles. The van der Waals surface area contributed by atoms with Crippen molar-refractivity contribution in [2.45, 2.75) is 71.1 Å². The molecule has 0 radical (unpaired) electrons. The van der Waals surface area contributed by atoms with E-state index in [1.807, 2.05) is 12.1 Å². The number of carbonyl (C=O) groups is 1. The Morgan fingerprint density at radius 2 is 1.36 bits per heavy atom. The standard InChI is InChI=1S/C23H34O2/c1-3-4-5-6-7-8-9-10-11-12-13-14-21-15-17-22(18-16-21)19-20-23(24)25-2/h13-20H,3-12H2,1-2H3. The van der Waals surface area contributed by atoms with Crippen LogP contribution in [-0.4, -0.2) is 13.1 Å². The molecular weight excluding hydrogens is 308 g/mol. The molecule has 0 aliphatic carbocycles. The summed E-state index contributed by atoms with van der Waals surface area (Å²) in [5.41, 5.74) is 2.20. The Morgan fingerprint density at radius 3 is 1.92 bits per heavy atom. The first-order valence-electron chi connectivity index (χ1n) is 9.79. The first kappa shape index (κ1) is 21.2. The fourth-order valence-electron chi connectivity index (χ4n) is 2.74. The highest BCUT2D eigenvalue weighted by molar-refractivity contribution is 5.86. The molecule has 0 saturated carbocycles.